The average molecular weight is 385 g/mol. The number of hydrogen-bond donors (Lipinski definition) is 1. The Morgan fingerprint density at radius 2 is 1.93 bits per heavy atom. The zero-order valence-corrected chi connectivity index (χ0v) is 19.0. The van der Waals surface area contributed by atoms with Gasteiger partial charge in [0.2, 0.25) is 0 Å². The highest BCUT2D eigenvalue weighted by Crippen LogP contribution is 2.65. The molecular formula is C27H44O. The number of aliphatic hydroxyl groups excluding tert-OH is 1. The van der Waals surface area contributed by atoms with Gasteiger partial charge in [-0.25, -0.2) is 0 Å². The molecule has 4 rings (SSSR count). The Labute approximate surface area is 174 Å². The summed E-state index contributed by atoms with van der Waals surface area (Å²) in [6.07, 6.45) is 19.3. The largest absolute Gasteiger partial charge is 0.392 e. The molecule has 0 amide bonds. The van der Waals surface area contributed by atoms with Crippen LogP contribution in [0.15, 0.2) is 22.8 Å². The minimum absolute atomic E-state index is 0.217. The van der Waals surface area contributed by atoms with Gasteiger partial charge in [0.25, 0.3) is 0 Å². The van der Waals surface area contributed by atoms with E-state index in [4.69, 9.17) is 0 Å². The van der Waals surface area contributed by atoms with Crippen molar-refractivity contribution in [3.05, 3.63) is 22.8 Å². The topological polar surface area (TPSA) is 20.2 Å². The van der Waals surface area contributed by atoms with Gasteiger partial charge >= 0.3 is 0 Å². The van der Waals surface area contributed by atoms with Crippen LogP contribution in [0.1, 0.15) is 105 Å². The lowest BCUT2D eigenvalue weighted by Crippen LogP contribution is -2.43. The monoisotopic (exact) mass is 384 g/mol. The zero-order valence-electron chi connectivity index (χ0n) is 19.0. The number of rotatable bonds is 5. The zero-order chi connectivity index (χ0) is 19.9. The van der Waals surface area contributed by atoms with E-state index in [9.17, 15) is 5.11 Å². The fraction of sp³-hybridized carbons (Fsp3) is 0.852. The quantitative estimate of drug-likeness (QED) is 0.488. The molecule has 4 aliphatic carbocycles. The molecule has 0 spiro atoms. The summed E-state index contributed by atoms with van der Waals surface area (Å²) >= 11 is 0. The van der Waals surface area contributed by atoms with Gasteiger partial charge in [0, 0.05) is 0 Å². The molecule has 1 N–H and O–H groups in total. The molecule has 0 aliphatic heterocycles. The average Bonchev–Trinajstić information content (AvgIpc) is 3.04. The molecule has 4 aliphatic rings. The third kappa shape index (κ3) is 3.34. The minimum Gasteiger partial charge on any atom is -0.392 e. The number of aliphatic hydroxyl groups is 1. The fourth-order valence-corrected chi connectivity index (χ4v) is 8.33. The van der Waals surface area contributed by atoms with Crippen molar-refractivity contribution in [1.29, 1.82) is 0 Å². The van der Waals surface area contributed by atoms with E-state index in [0.29, 0.717) is 10.8 Å². The second-order valence-corrected chi connectivity index (χ2v) is 11.4. The summed E-state index contributed by atoms with van der Waals surface area (Å²) in [6, 6.07) is 0. The highest BCUT2D eigenvalue weighted by Gasteiger charge is 2.55. The number of fused-ring (bicyclic) bond motifs is 4. The van der Waals surface area contributed by atoms with Crippen molar-refractivity contribution in [1.82, 2.24) is 0 Å². The van der Waals surface area contributed by atoms with E-state index in [0.717, 1.165) is 35.7 Å². The first-order chi connectivity index (χ1) is 13.4. The highest BCUT2D eigenvalue weighted by atomic mass is 16.3. The summed E-state index contributed by atoms with van der Waals surface area (Å²) in [7, 11) is 0. The van der Waals surface area contributed by atoms with E-state index in [-0.39, 0.29) is 6.61 Å². The van der Waals surface area contributed by atoms with Gasteiger partial charge in [0.15, 0.2) is 0 Å². The van der Waals surface area contributed by atoms with Gasteiger partial charge in [0.05, 0.1) is 6.61 Å². The minimum atomic E-state index is 0.217. The number of hydrogen-bond acceptors (Lipinski definition) is 1. The van der Waals surface area contributed by atoms with Crippen LogP contribution >= 0.6 is 0 Å². The van der Waals surface area contributed by atoms with Gasteiger partial charge in [-0.05, 0) is 106 Å². The Kier molecular flexibility index (Phi) is 5.87. The van der Waals surface area contributed by atoms with Crippen molar-refractivity contribution in [2.45, 2.75) is 105 Å². The summed E-state index contributed by atoms with van der Waals surface area (Å²) in [5.74, 6) is 3.58. The van der Waals surface area contributed by atoms with Crippen molar-refractivity contribution in [2.75, 3.05) is 6.61 Å². The molecule has 2 fully saturated rings. The lowest BCUT2D eigenvalue weighted by Gasteiger charge is -2.54. The molecule has 0 radical (unpaired) electrons. The standard InChI is InChI=1S/C27H44O/c1-19(18-28)8-7-9-20(2)23-13-14-24-22-12-11-21-10-5-6-16-26(21,3)25(22)15-17-27(23,24)4/h8,20-21,23-24,28H,5-7,9-18H2,1-4H3/t20-,21-,23-,24+,26+,27-/m1/s1. The van der Waals surface area contributed by atoms with Crippen LogP contribution < -0.4 is 0 Å². The Morgan fingerprint density at radius 3 is 2.71 bits per heavy atom. The molecule has 0 saturated heterocycles. The summed E-state index contributed by atoms with van der Waals surface area (Å²) in [6.45, 7) is 10.1. The molecule has 1 nitrogen and oxygen atoms in total. The molecule has 1 heteroatoms. The van der Waals surface area contributed by atoms with Crippen LogP contribution in [0.3, 0.4) is 0 Å². The summed E-state index contributed by atoms with van der Waals surface area (Å²) in [5.41, 5.74) is 6.16. The smallest absolute Gasteiger partial charge is 0.0639 e. The molecule has 0 aromatic rings. The summed E-state index contributed by atoms with van der Waals surface area (Å²) in [4.78, 5) is 0. The predicted molar refractivity (Wildman–Crippen MR) is 119 cm³/mol. The van der Waals surface area contributed by atoms with E-state index < -0.39 is 0 Å². The van der Waals surface area contributed by atoms with Crippen LogP contribution in [0.4, 0.5) is 0 Å². The van der Waals surface area contributed by atoms with Gasteiger partial charge in [-0.2, -0.15) is 0 Å². The van der Waals surface area contributed by atoms with Crippen LogP contribution in [0.25, 0.3) is 0 Å². The van der Waals surface area contributed by atoms with Crippen LogP contribution in [0.2, 0.25) is 0 Å². The molecular weight excluding hydrogens is 340 g/mol. The van der Waals surface area contributed by atoms with E-state index in [1.54, 1.807) is 0 Å². The maximum atomic E-state index is 9.25. The first-order valence-electron chi connectivity index (χ1n) is 12.4. The van der Waals surface area contributed by atoms with Gasteiger partial charge < -0.3 is 5.11 Å². The predicted octanol–water partition coefficient (Wildman–Crippen LogP) is 7.45. The molecule has 0 aromatic heterocycles. The molecule has 0 heterocycles. The fourth-order valence-electron chi connectivity index (χ4n) is 8.33. The molecule has 0 aromatic carbocycles. The second kappa shape index (κ2) is 7.93. The Bertz CT molecular complexity index is 643. The van der Waals surface area contributed by atoms with Gasteiger partial charge in [-0.15, -0.1) is 0 Å². The molecule has 0 unspecified atom stereocenters. The number of allylic oxidation sites excluding steroid dienone is 3. The van der Waals surface area contributed by atoms with Gasteiger partial charge in [-0.3, -0.25) is 0 Å². The normalized spacial score (nSPS) is 42.0. The lowest BCUT2D eigenvalue weighted by molar-refractivity contribution is 0.0668. The first-order valence-corrected chi connectivity index (χ1v) is 12.4. The first kappa shape index (κ1) is 20.7. The van der Waals surface area contributed by atoms with Gasteiger partial charge in [-0.1, -0.05) is 56.4 Å². The lowest BCUT2D eigenvalue weighted by atomic mass is 9.50. The van der Waals surface area contributed by atoms with Crippen LogP contribution in [0.5, 0.6) is 0 Å². The SMILES string of the molecule is CC(=CCC[C@@H](C)[C@H]1CC[C@H]2C3=C(CC[C@]12C)[C@@]1(C)CCCC[C@@H]1CC3)CO. The molecule has 28 heavy (non-hydrogen) atoms. The molecule has 2 saturated carbocycles. The molecule has 158 valence electrons. The van der Waals surface area contributed by atoms with Crippen molar-refractivity contribution < 1.29 is 5.11 Å². The second-order valence-electron chi connectivity index (χ2n) is 11.4. The van der Waals surface area contributed by atoms with E-state index in [2.05, 4.69) is 33.8 Å². The highest BCUT2D eigenvalue weighted by molar-refractivity contribution is 5.34. The van der Waals surface area contributed by atoms with Crippen molar-refractivity contribution >= 4 is 0 Å². The van der Waals surface area contributed by atoms with Crippen molar-refractivity contribution in [3.8, 4) is 0 Å². The Morgan fingerprint density at radius 1 is 1.11 bits per heavy atom. The summed E-state index contributed by atoms with van der Waals surface area (Å²) in [5, 5.41) is 9.25. The third-order valence-electron chi connectivity index (χ3n) is 10.0. The molecule has 6 atom stereocenters. The molecule has 0 bridgehead atoms. The van der Waals surface area contributed by atoms with Crippen molar-refractivity contribution in [3.63, 3.8) is 0 Å². The van der Waals surface area contributed by atoms with E-state index in [1.165, 1.54) is 70.6 Å². The van der Waals surface area contributed by atoms with Crippen LogP contribution in [-0.4, -0.2) is 11.7 Å². The van der Waals surface area contributed by atoms with Gasteiger partial charge in [0.1, 0.15) is 0 Å². The van der Waals surface area contributed by atoms with E-state index >= 15 is 0 Å². The third-order valence-corrected chi connectivity index (χ3v) is 10.0. The Balaban J connectivity index is 1.52. The maximum Gasteiger partial charge on any atom is 0.0639 e. The van der Waals surface area contributed by atoms with Crippen LogP contribution in [0, 0.1) is 34.5 Å². The Hall–Kier alpha value is -0.560. The van der Waals surface area contributed by atoms with Crippen LogP contribution in [-0.2, 0) is 0 Å². The van der Waals surface area contributed by atoms with Crippen molar-refractivity contribution in [2.24, 2.45) is 34.5 Å². The van der Waals surface area contributed by atoms with E-state index in [1.807, 2.05) is 11.1 Å². The summed E-state index contributed by atoms with van der Waals surface area (Å²) < 4.78 is 0. The maximum absolute atomic E-state index is 9.25.